The van der Waals surface area contributed by atoms with Gasteiger partial charge in [-0.15, -0.1) is 15.3 Å². The Kier molecular flexibility index (Phi) is 3.57. The second-order valence-corrected chi connectivity index (χ2v) is 3.62. The molecule has 96 valence electrons. The summed E-state index contributed by atoms with van der Waals surface area (Å²) in [5.74, 6) is 0.0493. The van der Waals surface area contributed by atoms with Crippen molar-refractivity contribution in [2.45, 2.75) is 19.5 Å². The van der Waals surface area contributed by atoms with Crippen molar-refractivity contribution in [3.05, 3.63) is 17.7 Å². The van der Waals surface area contributed by atoms with Crippen LogP contribution >= 0.6 is 0 Å². The SMILES string of the molecule is CC(NC(=O)c1cn(CCN)nn1)c1nn[nH]n1. The van der Waals surface area contributed by atoms with E-state index >= 15 is 0 Å². The Morgan fingerprint density at radius 1 is 1.61 bits per heavy atom. The molecular weight excluding hydrogens is 238 g/mol. The summed E-state index contributed by atoms with van der Waals surface area (Å²) in [6.45, 7) is 2.69. The smallest absolute Gasteiger partial charge is 0.274 e. The minimum absolute atomic E-state index is 0.221. The van der Waals surface area contributed by atoms with Gasteiger partial charge in [-0.25, -0.2) is 0 Å². The number of aromatic nitrogens is 7. The molecule has 10 heteroatoms. The molecule has 2 rings (SSSR count). The lowest BCUT2D eigenvalue weighted by Gasteiger charge is -2.07. The van der Waals surface area contributed by atoms with Crippen molar-refractivity contribution in [2.75, 3.05) is 6.54 Å². The number of aromatic amines is 1. The predicted molar refractivity (Wildman–Crippen MR) is 59.1 cm³/mol. The number of nitrogens with zero attached hydrogens (tertiary/aromatic N) is 6. The predicted octanol–water partition coefficient (Wildman–Crippen LogP) is -1.76. The summed E-state index contributed by atoms with van der Waals surface area (Å²) in [5.41, 5.74) is 5.60. The molecule has 4 N–H and O–H groups in total. The van der Waals surface area contributed by atoms with E-state index in [2.05, 4.69) is 36.3 Å². The van der Waals surface area contributed by atoms with Crippen molar-refractivity contribution in [3.8, 4) is 0 Å². The fourth-order valence-corrected chi connectivity index (χ4v) is 1.33. The summed E-state index contributed by atoms with van der Waals surface area (Å²) in [6.07, 6.45) is 1.53. The van der Waals surface area contributed by atoms with Crippen LogP contribution in [0.2, 0.25) is 0 Å². The molecule has 0 bridgehead atoms. The van der Waals surface area contributed by atoms with Gasteiger partial charge in [0.1, 0.15) is 0 Å². The van der Waals surface area contributed by atoms with Gasteiger partial charge >= 0.3 is 0 Å². The minimum atomic E-state index is -0.365. The molecule has 0 saturated carbocycles. The van der Waals surface area contributed by atoms with E-state index in [1.54, 1.807) is 6.92 Å². The number of amides is 1. The van der Waals surface area contributed by atoms with Crippen LogP contribution in [0, 0.1) is 0 Å². The van der Waals surface area contributed by atoms with Crippen molar-refractivity contribution in [2.24, 2.45) is 5.73 Å². The lowest BCUT2D eigenvalue weighted by molar-refractivity contribution is 0.0933. The second kappa shape index (κ2) is 5.31. The number of carbonyl (C=O) groups is 1. The Hall–Kier alpha value is -2.36. The normalized spacial score (nSPS) is 12.3. The molecule has 2 heterocycles. The van der Waals surface area contributed by atoms with Crippen LogP contribution in [0.15, 0.2) is 6.20 Å². The molecule has 0 aromatic carbocycles. The number of nitrogens with two attached hydrogens (primary N) is 1. The largest absolute Gasteiger partial charge is 0.341 e. The Labute approximate surface area is 102 Å². The van der Waals surface area contributed by atoms with Crippen molar-refractivity contribution < 1.29 is 4.79 Å². The number of tetrazole rings is 1. The quantitative estimate of drug-likeness (QED) is 0.571. The van der Waals surface area contributed by atoms with E-state index in [1.165, 1.54) is 10.9 Å². The maximum atomic E-state index is 11.8. The first-order valence-electron chi connectivity index (χ1n) is 5.35. The number of H-pyrrole nitrogens is 1. The summed E-state index contributed by atoms with van der Waals surface area (Å²) in [4.78, 5) is 11.8. The molecule has 0 aliphatic rings. The maximum absolute atomic E-state index is 11.8. The topological polar surface area (TPSA) is 140 Å². The Balaban J connectivity index is 1.98. The third-order valence-electron chi connectivity index (χ3n) is 2.23. The Morgan fingerprint density at radius 3 is 3.11 bits per heavy atom. The highest BCUT2D eigenvalue weighted by Crippen LogP contribution is 2.04. The summed E-state index contributed by atoms with van der Waals surface area (Å²) in [5, 5.41) is 23.5. The summed E-state index contributed by atoms with van der Waals surface area (Å²) in [7, 11) is 0. The highest BCUT2D eigenvalue weighted by atomic mass is 16.2. The molecule has 0 saturated heterocycles. The van der Waals surface area contributed by atoms with Gasteiger partial charge in [0.25, 0.3) is 5.91 Å². The van der Waals surface area contributed by atoms with Crippen molar-refractivity contribution in [3.63, 3.8) is 0 Å². The molecule has 0 aliphatic carbocycles. The first-order chi connectivity index (χ1) is 8.70. The third-order valence-corrected chi connectivity index (χ3v) is 2.23. The summed E-state index contributed by atoms with van der Waals surface area (Å²) in [6, 6.07) is -0.365. The number of carbonyl (C=O) groups excluding carboxylic acids is 1. The van der Waals surface area contributed by atoms with Gasteiger partial charge in [0.05, 0.1) is 18.8 Å². The minimum Gasteiger partial charge on any atom is -0.341 e. The monoisotopic (exact) mass is 251 g/mol. The number of nitrogens with one attached hydrogen (secondary N) is 2. The number of hydrogen-bond donors (Lipinski definition) is 3. The zero-order valence-electron chi connectivity index (χ0n) is 9.74. The molecule has 0 spiro atoms. The van der Waals surface area contributed by atoms with E-state index < -0.39 is 0 Å². The van der Waals surface area contributed by atoms with Crippen LogP contribution in [0.4, 0.5) is 0 Å². The van der Waals surface area contributed by atoms with Crippen LogP contribution in [0.1, 0.15) is 29.3 Å². The van der Waals surface area contributed by atoms with Crippen LogP contribution in [-0.4, -0.2) is 48.1 Å². The van der Waals surface area contributed by atoms with Gasteiger partial charge in [-0.2, -0.15) is 5.21 Å². The number of hydrogen-bond acceptors (Lipinski definition) is 7. The van der Waals surface area contributed by atoms with Gasteiger partial charge in [-0.05, 0) is 6.92 Å². The molecule has 2 aromatic heterocycles. The van der Waals surface area contributed by atoms with E-state index in [9.17, 15) is 4.79 Å². The molecule has 1 amide bonds. The standard InChI is InChI=1S/C8H13N9O/c1-5(7-12-14-15-13-7)10-8(18)6-4-17(3-2-9)16-11-6/h4-5H,2-3,9H2,1H3,(H,10,18)(H,12,13,14,15). The first-order valence-corrected chi connectivity index (χ1v) is 5.35. The van der Waals surface area contributed by atoms with Crippen LogP contribution in [0.3, 0.4) is 0 Å². The highest BCUT2D eigenvalue weighted by Gasteiger charge is 2.17. The van der Waals surface area contributed by atoms with Crippen molar-refractivity contribution in [1.29, 1.82) is 0 Å². The number of rotatable bonds is 5. The van der Waals surface area contributed by atoms with Gasteiger partial charge in [0.15, 0.2) is 11.5 Å². The van der Waals surface area contributed by atoms with Gasteiger partial charge < -0.3 is 11.1 Å². The van der Waals surface area contributed by atoms with Gasteiger partial charge in [-0.1, -0.05) is 10.4 Å². The van der Waals surface area contributed by atoms with Gasteiger partial charge in [0.2, 0.25) is 0 Å². The van der Waals surface area contributed by atoms with E-state index in [1.807, 2.05) is 0 Å². The average Bonchev–Trinajstić information content (AvgIpc) is 3.00. The molecule has 2 aromatic rings. The van der Waals surface area contributed by atoms with Crippen LogP contribution < -0.4 is 11.1 Å². The summed E-state index contributed by atoms with van der Waals surface area (Å²) >= 11 is 0. The average molecular weight is 251 g/mol. The molecule has 10 nitrogen and oxygen atoms in total. The fraction of sp³-hybridized carbons (Fsp3) is 0.500. The van der Waals surface area contributed by atoms with Crippen LogP contribution in [-0.2, 0) is 6.54 Å². The lowest BCUT2D eigenvalue weighted by atomic mass is 10.3. The Morgan fingerprint density at radius 2 is 2.44 bits per heavy atom. The maximum Gasteiger partial charge on any atom is 0.274 e. The van der Waals surface area contributed by atoms with E-state index in [4.69, 9.17) is 5.73 Å². The molecule has 0 aliphatic heterocycles. The van der Waals surface area contributed by atoms with E-state index in [0.29, 0.717) is 18.9 Å². The zero-order chi connectivity index (χ0) is 13.0. The molecule has 1 unspecified atom stereocenters. The zero-order valence-corrected chi connectivity index (χ0v) is 9.74. The second-order valence-electron chi connectivity index (χ2n) is 3.62. The van der Waals surface area contributed by atoms with E-state index in [-0.39, 0.29) is 17.6 Å². The van der Waals surface area contributed by atoms with Crippen molar-refractivity contribution >= 4 is 5.91 Å². The summed E-state index contributed by atoms with van der Waals surface area (Å²) < 4.78 is 1.51. The molecular formula is C8H13N9O. The van der Waals surface area contributed by atoms with Crippen LogP contribution in [0.25, 0.3) is 0 Å². The van der Waals surface area contributed by atoms with Crippen LogP contribution in [0.5, 0.6) is 0 Å². The molecule has 1 atom stereocenters. The molecule has 0 radical (unpaired) electrons. The Bertz CT molecular complexity index is 504. The van der Waals surface area contributed by atoms with Gasteiger partial charge in [-0.3, -0.25) is 9.48 Å². The molecule has 0 fully saturated rings. The third kappa shape index (κ3) is 2.66. The van der Waals surface area contributed by atoms with Crippen molar-refractivity contribution in [1.82, 2.24) is 40.9 Å². The van der Waals surface area contributed by atoms with E-state index in [0.717, 1.165) is 0 Å². The van der Waals surface area contributed by atoms with Gasteiger partial charge in [0, 0.05) is 6.54 Å². The molecule has 18 heavy (non-hydrogen) atoms. The lowest BCUT2D eigenvalue weighted by Crippen LogP contribution is -2.27. The fourth-order valence-electron chi connectivity index (χ4n) is 1.33. The first kappa shape index (κ1) is 12.1. The highest BCUT2D eigenvalue weighted by molar-refractivity contribution is 5.92.